The molecule has 1 saturated carbocycles. The summed E-state index contributed by atoms with van der Waals surface area (Å²) in [6, 6.07) is 14.0. The standard InChI is InChI=1S/C22H22N6O/c1-29-17-7-10-23-20(12-17)22(8-2-9-22)14-24-21-6-5-18(27-28-21)15-3-4-16-13-25-26-19(16)11-15/h3-7,10-13H,2,8-9,14H2,1H3,(H,24,28)(H,25,26). The van der Waals surface area contributed by atoms with Crippen LogP contribution in [0.25, 0.3) is 22.2 Å². The number of benzene rings is 1. The first kappa shape index (κ1) is 17.6. The van der Waals surface area contributed by atoms with Gasteiger partial charge in [0, 0.05) is 35.2 Å². The number of fused-ring (bicyclic) bond motifs is 1. The van der Waals surface area contributed by atoms with Crippen LogP contribution in [0.5, 0.6) is 5.75 Å². The molecule has 1 aliphatic carbocycles. The van der Waals surface area contributed by atoms with Crippen molar-refractivity contribution >= 4 is 16.7 Å². The minimum Gasteiger partial charge on any atom is -0.497 e. The first-order valence-corrected chi connectivity index (χ1v) is 9.77. The van der Waals surface area contributed by atoms with Crippen molar-refractivity contribution in [2.45, 2.75) is 24.7 Å². The lowest BCUT2D eigenvalue weighted by atomic mass is 9.66. The maximum atomic E-state index is 5.37. The summed E-state index contributed by atoms with van der Waals surface area (Å²) in [6.07, 6.45) is 7.05. The summed E-state index contributed by atoms with van der Waals surface area (Å²) in [5.74, 6) is 1.62. The molecule has 3 heterocycles. The van der Waals surface area contributed by atoms with Crippen LogP contribution in [-0.2, 0) is 5.41 Å². The van der Waals surface area contributed by atoms with E-state index in [4.69, 9.17) is 4.74 Å². The van der Waals surface area contributed by atoms with Crippen LogP contribution in [0.1, 0.15) is 25.0 Å². The van der Waals surface area contributed by atoms with Gasteiger partial charge in [0.05, 0.1) is 30.2 Å². The molecule has 1 fully saturated rings. The van der Waals surface area contributed by atoms with Crippen molar-refractivity contribution in [3.05, 3.63) is 60.6 Å². The normalized spacial score (nSPS) is 15.1. The Hall–Kier alpha value is -3.48. The van der Waals surface area contributed by atoms with Crippen molar-refractivity contribution in [3.8, 4) is 17.0 Å². The van der Waals surface area contributed by atoms with E-state index in [-0.39, 0.29) is 5.41 Å². The topological polar surface area (TPSA) is 88.6 Å². The molecule has 0 aliphatic heterocycles. The van der Waals surface area contributed by atoms with Crippen molar-refractivity contribution in [2.75, 3.05) is 19.0 Å². The van der Waals surface area contributed by atoms with Gasteiger partial charge in [0.15, 0.2) is 0 Å². The molecule has 146 valence electrons. The Morgan fingerprint density at radius 2 is 2.03 bits per heavy atom. The number of rotatable bonds is 6. The van der Waals surface area contributed by atoms with Gasteiger partial charge in [-0.3, -0.25) is 10.1 Å². The summed E-state index contributed by atoms with van der Waals surface area (Å²) in [5.41, 5.74) is 3.94. The van der Waals surface area contributed by atoms with E-state index in [1.807, 2.05) is 54.9 Å². The predicted molar refractivity (Wildman–Crippen MR) is 112 cm³/mol. The van der Waals surface area contributed by atoms with Crippen LogP contribution in [0.2, 0.25) is 0 Å². The number of pyridine rings is 1. The zero-order valence-electron chi connectivity index (χ0n) is 16.2. The molecular formula is C22H22N6O. The van der Waals surface area contributed by atoms with Crippen molar-refractivity contribution in [1.82, 2.24) is 25.4 Å². The van der Waals surface area contributed by atoms with E-state index in [0.29, 0.717) is 0 Å². The highest BCUT2D eigenvalue weighted by Crippen LogP contribution is 2.43. The van der Waals surface area contributed by atoms with Crippen molar-refractivity contribution in [1.29, 1.82) is 0 Å². The number of hydrogen-bond donors (Lipinski definition) is 2. The molecule has 5 rings (SSSR count). The zero-order valence-corrected chi connectivity index (χ0v) is 16.2. The van der Waals surface area contributed by atoms with E-state index in [1.165, 1.54) is 6.42 Å². The number of ether oxygens (including phenoxy) is 1. The van der Waals surface area contributed by atoms with Crippen LogP contribution in [0, 0.1) is 0 Å². The molecule has 0 bridgehead atoms. The van der Waals surface area contributed by atoms with Crippen molar-refractivity contribution in [2.24, 2.45) is 0 Å². The number of nitrogens with zero attached hydrogens (tertiary/aromatic N) is 4. The lowest BCUT2D eigenvalue weighted by Gasteiger charge is -2.41. The number of H-pyrrole nitrogens is 1. The van der Waals surface area contributed by atoms with Crippen LogP contribution in [0.4, 0.5) is 5.82 Å². The van der Waals surface area contributed by atoms with Gasteiger partial charge in [-0.2, -0.15) is 5.10 Å². The third kappa shape index (κ3) is 3.29. The monoisotopic (exact) mass is 386 g/mol. The molecule has 0 radical (unpaired) electrons. The number of anilines is 1. The number of aromatic nitrogens is 5. The van der Waals surface area contributed by atoms with E-state index in [0.717, 1.165) is 58.8 Å². The van der Waals surface area contributed by atoms with Gasteiger partial charge >= 0.3 is 0 Å². The Bertz CT molecular complexity index is 1130. The van der Waals surface area contributed by atoms with E-state index in [2.05, 4.69) is 30.7 Å². The third-order valence-corrected chi connectivity index (χ3v) is 5.83. The quantitative estimate of drug-likeness (QED) is 0.521. The predicted octanol–water partition coefficient (Wildman–Crippen LogP) is 3.96. The second-order valence-corrected chi connectivity index (χ2v) is 7.54. The van der Waals surface area contributed by atoms with Gasteiger partial charge in [-0.1, -0.05) is 18.6 Å². The SMILES string of the molecule is COc1ccnc(C2(CNc3ccc(-c4ccc5cn[nH]c5c4)nn3)CCC2)c1. The fourth-order valence-corrected chi connectivity index (χ4v) is 3.89. The molecule has 0 saturated heterocycles. The number of nitrogens with one attached hydrogen (secondary N) is 2. The highest BCUT2D eigenvalue weighted by molar-refractivity contribution is 5.83. The molecule has 1 aliphatic rings. The zero-order chi connectivity index (χ0) is 19.7. The lowest BCUT2D eigenvalue weighted by Crippen LogP contribution is -2.41. The molecule has 0 spiro atoms. The molecule has 4 aromatic rings. The van der Waals surface area contributed by atoms with Gasteiger partial charge < -0.3 is 10.1 Å². The molecular weight excluding hydrogens is 364 g/mol. The summed E-state index contributed by atoms with van der Waals surface area (Å²) in [5, 5.41) is 20.4. The van der Waals surface area contributed by atoms with E-state index in [9.17, 15) is 0 Å². The lowest BCUT2D eigenvalue weighted by molar-refractivity contribution is 0.251. The van der Waals surface area contributed by atoms with E-state index in [1.54, 1.807) is 7.11 Å². The van der Waals surface area contributed by atoms with Crippen LogP contribution in [0.3, 0.4) is 0 Å². The largest absolute Gasteiger partial charge is 0.497 e. The highest BCUT2D eigenvalue weighted by Gasteiger charge is 2.40. The summed E-state index contributed by atoms with van der Waals surface area (Å²) in [7, 11) is 1.69. The van der Waals surface area contributed by atoms with Crippen LogP contribution < -0.4 is 10.1 Å². The minimum atomic E-state index is 0.0283. The Labute approximate surface area is 168 Å². The second-order valence-electron chi connectivity index (χ2n) is 7.54. The Morgan fingerprint density at radius 3 is 2.79 bits per heavy atom. The molecule has 0 unspecified atom stereocenters. The van der Waals surface area contributed by atoms with Gasteiger partial charge in [0.1, 0.15) is 11.6 Å². The summed E-state index contributed by atoms with van der Waals surface area (Å²) >= 11 is 0. The smallest absolute Gasteiger partial charge is 0.148 e. The minimum absolute atomic E-state index is 0.0283. The maximum Gasteiger partial charge on any atom is 0.148 e. The molecule has 0 amide bonds. The molecule has 7 heteroatoms. The molecule has 0 atom stereocenters. The molecule has 3 aromatic heterocycles. The molecule has 7 nitrogen and oxygen atoms in total. The van der Waals surface area contributed by atoms with E-state index < -0.39 is 0 Å². The fraction of sp³-hybridized carbons (Fsp3) is 0.273. The fourth-order valence-electron chi connectivity index (χ4n) is 3.89. The molecule has 29 heavy (non-hydrogen) atoms. The van der Waals surface area contributed by atoms with Crippen LogP contribution in [0.15, 0.2) is 54.9 Å². The van der Waals surface area contributed by atoms with E-state index >= 15 is 0 Å². The third-order valence-electron chi connectivity index (χ3n) is 5.83. The van der Waals surface area contributed by atoms with Gasteiger partial charge in [0.25, 0.3) is 0 Å². The first-order chi connectivity index (χ1) is 14.3. The average molecular weight is 386 g/mol. The number of hydrogen-bond acceptors (Lipinski definition) is 6. The molecule has 2 N–H and O–H groups in total. The van der Waals surface area contributed by atoms with Gasteiger partial charge in [0.2, 0.25) is 0 Å². The first-order valence-electron chi connectivity index (χ1n) is 9.77. The Morgan fingerprint density at radius 1 is 1.10 bits per heavy atom. The number of methoxy groups -OCH3 is 1. The Balaban J connectivity index is 1.31. The summed E-state index contributed by atoms with van der Waals surface area (Å²) < 4.78 is 5.37. The van der Waals surface area contributed by atoms with Crippen LogP contribution >= 0.6 is 0 Å². The second kappa shape index (κ2) is 7.16. The summed E-state index contributed by atoms with van der Waals surface area (Å²) in [4.78, 5) is 4.60. The molecule has 1 aromatic carbocycles. The average Bonchev–Trinajstić information content (AvgIpc) is 3.21. The van der Waals surface area contributed by atoms with Crippen molar-refractivity contribution < 1.29 is 4.74 Å². The highest BCUT2D eigenvalue weighted by atomic mass is 16.5. The van der Waals surface area contributed by atoms with Gasteiger partial charge in [-0.25, -0.2) is 0 Å². The van der Waals surface area contributed by atoms with Gasteiger partial charge in [-0.15, -0.1) is 10.2 Å². The Kier molecular flexibility index (Phi) is 4.35. The van der Waals surface area contributed by atoms with Crippen LogP contribution in [-0.4, -0.2) is 39.0 Å². The number of aromatic amines is 1. The van der Waals surface area contributed by atoms with Crippen molar-refractivity contribution in [3.63, 3.8) is 0 Å². The maximum absolute atomic E-state index is 5.37. The summed E-state index contributed by atoms with van der Waals surface area (Å²) in [6.45, 7) is 0.779. The van der Waals surface area contributed by atoms with Gasteiger partial charge in [-0.05, 0) is 37.1 Å².